The number of amides is 1. The zero-order valence-electron chi connectivity index (χ0n) is 15.3. The maximum atomic E-state index is 12.4. The Morgan fingerprint density at radius 3 is 2.70 bits per heavy atom. The molecule has 0 N–H and O–H groups in total. The number of halogens is 1. The van der Waals surface area contributed by atoms with Crippen molar-refractivity contribution in [3.63, 3.8) is 0 Å². The highest BCUT2D eigenvalue weighted by molar-refractivity contribution is 6.32. The average molecular weight is 390 g/mol. The van der Waals surface area contributed by atoms with E-state index in [0.717, 1.165) is 16.9 Å². The molecule has 1 amide bonds. The molecule has 0 bridgehead atoms. The molecule has 0 unspecified atom stereocenters. The zero-order valence-corrected chi connectivity index (χ0v) is 16.1. The van der Waals surface area contributed by atoms with Crippen molar-refractivity contribution in [1.29, 1.82) is 0 Å². The molecule has 3 rings (SSSR count). The molecule has 142 valence electrons. The summed E-state index contributed by atoms with van der Waals surface area (Å²) in [6.45, 7) is 0.677. The Balaban J connectivity index is 1.68. The molecular formula is C20H20ClNO5. The molecule has 2 aromatic rings. The number of likely N-dealkylation sites (N-methyl/N-ethyl adjacent to an activating group) is 1. The number of nitrogens with zero attached hydrogens (tertiary/aromatic N) is 1. The van der Waals surface area contributed by atoms with Crippen LogP contribution in [0.2, 0.25) is 5.02 Å². The van der Waals surface area contributed by atoms with Crippen LogP contribution in [0.4, 0.5) is 0 Å². The lowest BCUT2D eigenvalue weighted by molar-refractivity contribution is -0.125. The average Bonchev–Trinajstić information content (AvgIpc) is 3.13. The fraction of sp³-hybridized carbons (Fsp3) is 0.250. The number of hydrogen-bond acceptors (Lipinski definition) is 5. The fourth-order valence-electron chi connectivity index (χ4n) is 2.72. The highest BCUT2D eigenvalue weighted by Gasteiger charge is 2.15. The summed E-state index contributed by atoms with van der Waals surface area (Å²) in [6.07, 6.45) is 3.18. The molecule has 2 aromatic carbocycles. The molecule has 0 atom stereocenters. The monoisotopic (exact) mass is 389 g/mol. The summed E-state index contributed by atoms with van der Waals surface area (Å²) in [5, 5.41) is 0.415. The quantitative estimate of drug-likeness (QED) is 0.704. The highest BCUT2D eigenvalue weighted by Crippen LogP contribution is 2.36. The van der Waals surface area contributed by atoms with Crippen molar-refractivity contribution < 1.29 is 23.7 Å². The molecule has 0 spiro atoms. The van der Waals surface area contributed by atoms with E-state index in [1.54, 1.807) is 30.2 Å². The standard InChI is InChI=1S/C20H20ClNO5/c1-22(11-14-4-6-16-17(10-14)27-12-26-16)19(23)7-5-13-8-15(21)20(25-3)18(9-13)24-2/h4-10H,11-12H2,1-3H3/b7-5+. The first-order valence-corrected chi connectivity index (χ1v) is 8.63. The number of rotatable bonds is 6. The third-order valence-electron chi connectivity index (χ3n) is 4.11. The van der Waals surface area contributed by atoms with Gasteiger partial charge in [0.25, 0.3) is 0 Å². The number of carbonyl (C=O) groups is 1. The molecule has 0 fully saturated rings. The second-order valence-electron chi connectivity index (χ2n) is 5.95. The molecule has 0 aliphatic carbocycles. The Labute approximate surface area is 162 Å². The number of hydrogen-bond donors (Lipinski definition) is 0. The third-order valence-corrected chi connectivity index (χ3v) is 4.39. The van der Waals surface area contributed by atoms with Gasteiger partial charge < -0.3 is 23.8 Å². The minimum absolute atomic E-state index is 0.140. The predicted molar refractivity (Wildman–Crippen MR) is 103 cm³/mol. The van der Waals surface area contributed by atoms with Crippen LogP contribution in [0.3, 0.4) is 0 Å². The SMILES string of the molecule is COc1cc(/C=C/C(=O)N(C)Cc2ccc3c(c2)OCO3)cc(Cl)c1OC. The van der Waals surface area contributed by atoms with Crippen molar-refractivity contribution in [3.8, 4) is 23.0 Å². The molecule has 7 heteroatoms. The van der Waals surface area contributed by atoms with Crippen LogP contribution in [0.15, 0.2) is 36.4 Å². The van der Waals surface area contributed by atoms with Crippen LogP contribution in [0.5, 0.6) is 23.0 Å². The second kappa shape index (κ2) is 8.22. The number of benzene rings is 2. The van der Waals surface area contributed by atoms with Crippen LogP contribution in [0.1, 0.15) is 11.1 Å². The van der Waals surface area contributed by atoms with E-state index in [0.29, 0.717) is 28.8 Å². The number of carbonyl (C=O) groups excluding carboxylic acids is 1. The van der Waals surface area contributed by atoms with Gasteiger partial charge >= 0.3 is 0 Å². The first-order chi connectivity index (χ1) is 13.0. The first-order valence-electron chi connectivity index (χ1n) is 8.25. The maximum absolute atomic E-state index is 12.4. The summed E-state index contributed by atoms with van der Waals surface area (Å²) in [5.74, 6) is 2.24. The molecule has 0 saturated heterocycles. The Bertz CT molecular complexity index is 881. The Kier molecular flexibility index (Phi) is 5.76. The van der Waals surface area contributed by atoms with Gasteiger partial charge in [-0.2, -0.15) is 0 Å². The minimum Gasteiger partial charge on any atom is -0.493 e. The second-order valence-corrected chi connectivity index (χ2v) is 6.36. The van der Waals surface area contributed by atoms with Crippen molar-refractivity contribution in [1.82, 2.24) is 4.90 Å². The van der Waals surface area contributed by atoms with Gasteiger partial charge in [-0.1, -0.05) is 17.7 Å². The van der Waals surface area contributed by atoms with Gasteiger partial charge in [0.05, 0.1) is 19.2 Å². The normalized spacial score (nSPS) is 12.3. The summed E-state index contributed by atoms with van der Waals surface area (Å²) in [5.41, 5.74) is 1.69. The Morgan fingerprint density at radius 1 is 1.19 bits per heavy atom. The van der Waals surface area contributed by atoms with E-state index in [9.17, 15) is 4.79 Å². The van der Waals surface area contributed by atoms with E-state index in [4.69, 9.17) is 30.5 Å². The molecule has 1 heterocycles. The molecular weight excluding hydrogens is 370 g/mol. The van der Waals surface area contributed by atoms with Gasteiger partial charge in [0, 0.05) is 19.7 Å². The summed E-state index contributed by atoms with van der Waals surface area (Å²) in [7, 11) is 4.79. The summed E-state index contributed by atoms with van der Waals surface area (Å²) < 4.78 is 21.1. The number of methoxy groups -OCH3 is 2. The summed E-state index contributed by atoms with van der Waals surface area (Å²) >= 11 is 6.19. The molecule has 6 nitrogen and oxygen atoms in total. The fourth-order valence-corrected chi connectivity index (χ4v) is 3.02. The Hall–Kier alpha value is -2.86. The smallest absolute Gasteiger partial charge is 0.246 e. The van der Waals surface area contributed by atoms with E-state index in [2.05, 4.69) is 0 Å². The number of ether oxygens (including phenoxy) is 4. The molecule has 0 aromatic heterocycles. The van der Waals surface area contributed by atoms with Crippen molar-refractivity contribution in [3.05, 3.63) is 52.6 Å². The highest BCUT2D eigenvalue weighted by atomic mass is 35.5. The van der Waals surface area contributed by atoms with Gasteiger partial charge in [-0.25, -0.2) is 0 Å². The topological polar surface area (TPSA) is 57.2 Å². The van der Waals surface area contributed by atoms with E-state index in [1.165, 1.54) is 20.3 Å². The van der Waals surface area contributed by atoms with Crippen LogP contribution in [0, 0.1) is 0 Å². The molecule has 0 radical (unpaired) electrons. The Morgan fingerprint density at radius 2 is 1.96 bits per heavy atom. The van der Waals surface area contributed by atoms with Crippen LogP contribution < -0.4 is 18.9 Å². The molecule has 27 heavy (non-hydrogen) atoms. The van der Waals surface area contributed by atoms with Gasteiger partial charge in [-0.3, -0.25) is 4.79 Å². The summed E-state index contributed by atoms with van der Waals surface area (Å²) in [4.78, 5) is 14.0. The largest absolute Gasteiger partial charge is 0.493 e. The van der Waals surface area contributed by atoms with Crippen molar-refractivity contribution in [2.75, 3.05) is 28.1 Å². The van der Waals surface area contributed by atoms with Crippen LogP contribution >= 0.6 is 11.6 Å². The molecule has 1 aliphatic heterocycles. The van der Waals surface area contributed by atoms with E-state index in [-0.39, 0.29) is 12.7 Å². The van der Waals surface area contributed by atoms with Gasteiger partial charge in [0.1, 0.15) is 0 Å². The van der Waals surface area contributed by atoms with Crippen LogP contribution in [-0.2, 0) is 11.3 Å². The molecule has 1 aliphatic rings. The van der Waals surface area contributed by atoms with Crippen molar-refractivity contribution >= 4 is 23.6 Å². The van der Waals surface area contributed by atoms with Crippen LogP contribution in [0.25, 0.3) is 6.08 Å². The van der Waals surface area contributed by atoms with E-state index in [1.807, 2.05) is 18.2 Å². The lowest BCUT2D eigenvalue weighted by Gasteiger charge is -2.15. The molecule has 0 saturated carbocycles. The minimum atomic E-state index is -0.140. The maximum Gasteiger partial charge on any atom is 0.246 e. The van der Waals surface area contributed by atoms with Gasteiger partial charge in [0.15, 0.2) is 23.0 Å². The lowest BCUT2D eigenvalue weighted by atomic mass is 10.1. The first kappa shape index (κ1) is 18.9. The zero-order chi connectivity index (χ0) is 19.4. The van der Waals surface area contributed by atoms with Gasteiger partial charge in [-0.05, 0) is 41.5 Å². The van der Waals surface area contributed by atoms with E-state index < -0.39 is 0 Å². The van der Waals surface area contributed by atoms with E-state index >= 15 is 0 Å². The van der Waals surface area contributed by atoms with Gasteiger partial charge in [-0.15, -0.1) is 0 Å². The predicted octanol–water partition coefficient (Wildman–Crippen LogP) is 3.76. The third kappa shape index (κ3) is 4.28. The van der Waals surface area contributed by atoms with Crippen LogP contribution in [-0.4, -0.2) is 38.9 Å². The van der Waals surface area contributed by atoms with Crippen molar-refractivity contribution in [2.45, 2.75) is 6.54 Å². The van der Waals surface area contributed by atoms with Crippen molar-refractivity contribution in [2.24, 2.45) is 0 Å². The van der Waals surface area contributed by atoms with Gasteiger partial charge in [0.2, 0.25) is 12.7 Å². The number of fused-ring (bicyclic) bond motifs is 1. The lowest BCUT2D eigenvalue weighted by Crippen LogP contribution is -2.24. The summed E-state index contributed by atoms with van der Waals surface area (Å²) in [6, 6.07) is 9.10.